The van der Waals surface area contributed by atoms with Gasteiger partial charge < -0.3 is 0 Å². The van der Waals surface area contributed by atoms with E-state index in [4.69, 9.17) is 0 Å². The second kappa shape index (κ2) is 4.61. The van der Waals surface area contributed by atoms with E-state index in [0.717, 1.165) is 10.9 Å². The molecule has 0 bridgehead atoms. The Morgan fingerprint density at radius 3 is 2.88 bits per heavy atom. The Morgan fingerprint density at radius 1 is 1.44 bits per heavy atom. The molecule has 0 spiro atoms. The predicted octanol–water partition coefficient (Wildman–Crippen LogP) is 1.60. The fraction of sp³-hybridized carbons (Fsp3) is 0.300. The van der Waals surface area contributed by atoms with Gasteiger partial charge in [0.05, 0.1) is 0 Å². The molecular weight excluding hydrogens is 272 g/mol. The van der Waals surface area contributed by atoms with Crippen LogP contribution in [0.3, 0.4) is 0 Å². The molecule has 6 heteroatoms. The number of rotatable bonds is 3. The molecule has 5 nitrogen and oxygen atoms in total. The quantitative estimate of drug-likeness (QED) is 0.859. The number of hydrogen-bond acceptors (Lipinski definition) is 3. The van der Waals surface area contributed by atoms with Gasteiger partial charge in [-0.3, -0.25) is 4.57 Å². The van der Waals surface area contributed by atoms with E-state index in [9.17, 15) is 4.79 Å². The number of pyridine rings is 1. The molecule has 0 saturated carbocycles. The first kappa shape index (κ1) is 11.1. The van der Waals surface area contributed by atoms with E-state index in [-0.39, 0.29) is 5.69 Å². The maximum absolute atomic E-state index is 11.9. The molecule has 0 fully saturated rings. The topological polar surface area (TPSA) is 52.7 Å². The molecule has 2 aromatic heterocycles. The summed E-state index contributed by atoms with van der Waals surface area (Å²) in [6.07, 6.45) is 4.08. The van der Waals surface area contributed by atoms with Gasteiger partial charge in [0.25, 0.3) is 0 Å². The first-order valence-electron chi connectivity index (χ1n) is 4.98. The van der Waals surface area contributed by atoms with Gasteiger partial charge in [0.2, 0.25) is 0 Å². The van der Waals surface area contributed by atoms with E-state index < -0.39 is 0 Å². The second-order valence-electron chi connectivity index (χ2n) is 3.35. The normalized spacial score (nSPS) is 10.6. The number of aromatic nitrogens is 4. The van der Waals surface area contributed by atoms with Crippen molar-refractivity contribution in [2.45, 2.75) is 19.9 Å². The molecule has 0 aliphatic rings. The van der Waals surface area contributed by atoms with Crippen LogP contribution in [0.5, 0.6) is 0 Å². The lowest BCUT2D eigenvalue weighted by Crippen LogP contribution is -2.24. The van der Waals surface area contributed by atoms with E-state index >= 15 is 0 Å². The minimum absolute atomic E-state index is 0.156. The van der Waals surface area contributed by atoms with Crippen LogP contribution in [0, 0.1) is 0 Å². The molecule has 2 heterocycles. The van der Waals surface area contributed by atoms with Gasteiger partial charge in [-0.2, -0.15) is 9.78 Å². The zero-order valence-electron chi connectivity index (χ0n) is 8.80. The summed E-state index contributed by atoms with van der Waals surface area (Å²) in [5.41, 5.74) is -0.156. The second-order valence-corrected chi connectivity index (χ2v) is 4.27. The van der Waals surface area contributed by atoms with Crippen molar-refractivity contribution in [3.05, 3.63) is 39.6 Å². The van der Waals surface area contributed by atoms with Crippen LogP contribution in [-0.2, 0) is 6.54 Å². The molecule has 84 valence electrons. The van der Waals surface area contributed by atoms with Crippen LogP contribution < -0.4 is 5.69 Å². The van der Waals surface area contributed by atoms with Crippen LogP contribution in [0.4, 0.5) is 0 Å². The Labute approximate surface area is 101 Å². The first-order chi connectivity index (χ1) is 7.72. The molecule has 0 aliphatic heterocycles. The van der Waals surface area contributed by atoms with E-state index in [2.05, 4.69) is 26.0 Å². The number of hydrogen-bond donors (Lipinski definition) is 0. The molecule has 0 unspecified atom stereocenters. The third kappa shape index (κ3) is 2.06. The van der Waals surface area contributed by atoms with Crippen molar-refractivity contribution in [3.63, 3.8) is 0 Å². The molecule has 0 saturated heterocycles. The van der Waals surface area contributed by atoms with Gasteiger partial charge in [0.1, 0.15) is 6.33 Å². The first-order valence-corrected chi connectivity index (χ1v) is 5.78. The Kier molecular flexibility index (Phi) is 3.19. The van der Waals surface area contributed by atoms with Crippen LogP contribution >= 0.6 is 15.9 Å². The average Bonchev–Trinajstić information content (AvgIpc) is 2.63. The molecule has 0 amide bonds. The SMILES string of the molecule is CCCn1cnn(-c2ccc(Br)cn2)c1=O. The molecule has 2 rings (SSSR count). The molecule has 0 N–H and O–H groups in total. The van der Waals surface area contributed by atoms with Gasteiger partial charge in [0.15, 0.2) is 5.82 Å². The Bertz CT molecular complexity index is 528. The molecule has 0 radical (unpaired) electrons. The zero-order chi connectivity index (χ0) is 11.5. The van der Waals surface area contributed by atoms with Crippen molar-refractivity contribution in [2.24, 2.45) is 0 Å². The average molecular weight is 283 g/mol. The van der Waals surface area contributed by atoms with Crippen LogP contribution in [0.15, 0.2) is 33.9 Å². The minimum atomic E-state index is -0.156. The molecule has 2 aromatic rings. The Balaban J connectivity index is 2.41. The maximum atomic E-state index is 11.9. The van der Waals surface area contributed by atoms with Gasteiger partial charge >= 0.3 is 5.69 Å². The molecular formula is C10H11BrN4O. The van der Waals surface area contributed by atoms with Gasteiger partial charge in [-0.15, -0.1) is 0 Å². The maximum Gasteiger partial charge on any atom is 0.351 e. The lowest BCUT2D eigenvalue weighted by molar-refractivity contribution is 0.645. The van der Waals surface area contributed by atoms with E-state index in [1.807, 2.05) is 13.0 Å². The van der Waals surface area contributed by atoms with Crippen LogP contribution in [0.1, 0.15) is 13.3 Å². The summed E-state index contributed by atoms with van der Waals surface area (Å²) in [7, 11) is 0. The summed E-state index contributed by atoms with van der Waals surface area (Å²) < 4.78 is 3.74. The summed E-state index contributed by atoms with van der Waals surface area (Å²) in [6.45, 7) is 2.69. The minimum Gasteiger partial charge on any atom is -0.281 e. The summed E-state index contributed by atoms with van der Waals surface area (Å²) in [4.78, 5) is 16.0. The van der Waals surface area contributed by atoms with Crippen LogP contribution in [-0.4, -0.2) is 19.3 Å². The number of nitrogens with zero attached hydrogens (tertiary/aromatic N) is 4. The summed E-state index contributed by atoms with van der Waals surface area (Å²) >= 11 is 3.29. The fourth-order valence-electron chi connectivity index (χ4n) is 1.38. The van der Waals surface area contributed by atoms with Crippen molar-refractivity contribution >= 4 is 15.9 Å². The molecule has 0 aromatic carbocycles. The van der Waals surface area contributed by atoms with E-state index in [1.165, 1.54) is 11.0 Å². The Hall–Kier alpha value is -1.43. The molecule has 0 atom stereocenters. The highest BCUT2D eigenvalue weighted by molar-refractivity contribution is 9.10. The van der Waals surface area contributed by atoms with Crippen molar-refractivity contribution in [3.8, 4) is 5.82 Å². The van der Waals surface area contributed by atoms with Crippen LogP contribution in [0.25, 0.3) is 5.82 Å². The largest absolute Gasteiger partial charge is 0.351 e. The van der Waals surface area contributed by atoms with E-state index in [1.54, 1.807) is 16.8 Å². The highest BCUT2D eigenvalue weighted by atomic mass is 79.9. The van der Waals surface area contributed by atoms with Gasteiger partial charge in [0, 0.05) is 17.2 Å². The third-order valence-electron chi connectivity index (χ3n) is 2.13. The zero-order valence-corrected chi connectivity index (χ0v) is 10.4. The lowest BCUT2D eigenvalue weighted by Gasteiger charge is -1.98. The third-order valence-corrected chi connectivity index (χ3v) is 2.60. The predicted molar refractivity (Wildman–Crippen MR) is 63.6 cm³/mol. The van der Waals surface area contributed by atoms with Crippen molar-refractivity contribution in [1.82, 2.24) is 19.3 Å². The van der Waals surface area contributed by atoms with Crippen molar-refractivity contribution < 1.29 is 0 Å². The monoisotopic (exact) mass is 282 g/mol. The van der Waals surface area contributed by atoms with Crippen molar-refractivity contribution in [1.29, 1.82) is 0 Å². The Morgan fingerprint density at radius 2 is 2.25 bits per heavy atom. The highest BCUT2D eigenvalue weighted by Gasteiger charge is 2.06. The molecule has 0 aliphatic carbocycles. The summed E-state index contributed by atoms with van der Waals surface area (Å²) in [6, 6.07) is 3.57. The number of halogens is 1. The highest BCUT2D eigenvalue weighted by Crippen LogP contribution is 2.08. The van der Waals surface area contributed by atoms with Gasteiger partial charge in [-0.05, 0) is 34.5 Å². The number of aryl methyl sites for hydroxylation is 1. The molecule has 16 heavy (non-hydrogen) atoms. The van der Waals surface area contributed by atoms with Crippen molar-refractivity contribution in [2.75, 3.05) is 0 Å². The lowest BCUT2D eigenvalue weighted by atomic mass is 10.5. The van der Waals surface area contributed by atoms with Gasteiger partial charge in [-0.1, -0.05) is 6.92 Å². The smallest absolute Gasteiger partial charge is 0.281 e. The van der Waals surface area contributed by atoms with E-state index in [0.29, 0.717) is 12.4 Å². The summed E-state index contributed by atoms with van der Waals surface area (Å²) in [5, 5.41) is 4.02. The van der Waals surface area contributed by atoms with Crippen LogP contribution in [0.2, 0.25) is 0 Å². The summed E-state index contributed by atoms with van der Waals surface area (Å²) in [5.74, 6) is 0.531. The standard InChI is InChI=1S/C10H11BrN4O/c1-2-5-14-7-13-15(10(14)16)9-4-3-8(11)6-12-9/h3-4,6-7H,2,5H2,1H3. The van der Waals surface area contributed by atoms with Gasteiger partial charge in [-0.25, -0.2) is 9.78 Å². The fourth-order valence-corrected chi connectivity index (χ4v) is 1.61.